The minimum Gasteiger partial charge on any atom is -0.300 e. The molecule has 0 spiro atoms. The first-order valence-corrected chi connectivity index (χ1v) is 5.37. The zero-order chi connectivity index (χ0) is 9.84. The molecule has 0 N–H and O–H groups in total. The van der Waals surface area contributed by atoms with E-state index >= 15 is 0 Å². The third-order valence-corrected chi connectivity index (χ3v) is 3.03. The third kappa shape index (κ3) is 2.92. The number of Topliss-reactive ketones (excluding diaryl/α,β-unsaturated/α-hetero) is 1. The lowest BCUT2D eigenvalue weighted by atomic mass is 9.89. The Hall–Kier alpha value is -0.700. The molecule has 1 heterocycles. The molecule has 1 rings (SSSR count). The fourth-order valence-electron chi connectivity index (χ4n) is 1.41. The molecule has 0 bridgehead atoms. The highest BCUT2D eigenvalue weighted by atomic mass is 32.1. The second kappa shape index (κ2) is 4.51. The van der Waals surface area contributed by atoms with E-state index in [9.17, 15) is 4.79 Å². The number of aromatic nitrogens is 1. The van der Waals surface area contributed by atoms with Crippen molar-refractivity contribution in [2.24, 2.45) is 11.8 Å². The van der Waals surface area contributed by atoms with Gasteiger partial charge in [0, 0.05) is 17.0 Å². The summed E-state index contributed by atoms with van der Waals surface area (Å²) in [6.07, 6.45) is 2.70. The van der Waals surface area contributed by atoms with Gasteiger partial charge in [-0.05, 0) is 19.3 Å². The van der Waals surface area contributed by atoms with Crippen molar-refractivity contribution in [1.29, 1.82) is 0 Å². The fourth-order valence-corrected chi connectivity index (χ4v) is 2.06. The van der Waals surface area contributed by atoms with Crippen molar-refractivity contribution in [3.63, 3.8) is 0 Å². The highest BCUT2D eigenvalue weighted by Crippen LogP contribution is 2.20. The maximum Gasteiger partial charge on any atom is 0.133 e. The van der Waals surface area contributed by atoms with Gasteiger partial charge in [0.1, 0.15) is 5.78 Å². The first kappa shape index (κ1) is 10.4. The van der Waals surface area contributed by atoms with Gasteiger partial charge in [-0.2, -0.15) is 0 Å². The first-order valence-electron chi connectivity index (χ1n) is 4.49. The SMILES string of the molecule is CC(=O)C(Cc1cncs1)C(C)C. The molecule has 2 nitrogen and oxygen atoms in total. The topological polar surface area (TPSA) is 30.0 Å². The van der Waals surface area contributed by atoms with Crippen LogP contribution in [-0.2, 0) is 11.2 Å². The zero-order valence-electron chi connectivity index (χ0n) is 8.28. The molecule has 72 valence electrons. The van der Waals surface area contributed by atoms with Crippen molar-refractivity contribution in [1.82, 2.24) is 4.98 Å². The normalized spacial score (nSPS) is 13.2. The molecule has 1 aromatic rings. The van der Waals surface area contributed by atoms with Gasteiger partial charge in [0.15, 0.2) is 0 Å². The zero-order valence-corrected chi connectivity index (χ0v) is 9.10. The Morgan fingerprint density at radius 3 is 2.69 bits per heavy atom. The highest BCUT2D eigenvalue weighted by molar-refractivity contribution is 7.09. The number of hydrogen-bond acceptors (Lipinski definition) is 3. The van der Waals surface area contributed by atoms with Crippen LogP contribution in [0.15, 0.2) is 11.7 Å². The van der Waals surface area contributed by atoms with E-state index in [4.69, 9.17) is 0 Å². The summed E-state index contributed by atoms with van der Waals surface area (Å²) >= 11 is 1.62. The number of carbonyl (C=O) groups is 1. The van der Waals surface area contributed by atoms with Gasteiger partial charge in [0.2, 0.25) is 0 Å². The molecular formula is C10H15NOS. The Balaban J connectivity index is 2.63. The summed E-state index contributed by atoms with van der Waals surface area (Å²) in [5.74, 6) is 0.850. The number of ketones is 1. The van der Waals surface area contributed by atoms with Gasteiger partial charge >= 0.3 is 0 Å². The number of hydrogen-bond donors (Lipinski definition) is 0. The van der Waals surface area contributed by atoms with Crippen molar-refractivity contribution < 1.29 is 4.79 Å². The van der Waals surface area contributed by atoms with Crippen molar-refractivity contribution in [3.8, 4) is 0 Å². The monoisotopic (exact) mass is 197 g/mol. The van der Waals surface area contributed by atoms with E-state index in [-0.39, 0.29) is 11.7 Å². The molecule has 1 atom stereocenters. The predicted octanol–water partition coefficient (Wildman–Crippen LogP) is 2.55. The predicted molar refractivity (Wildman–Crippen MR) is 54.8 cm³/mol. The molecule has 13 heavy (non-hydrogen) atoms. The standard InChI is InChI=1S/C10H15NOS/c1-7(2)10(8(3)12)4-9-5-11-6-13-9/h5-7,10H,4H2,1-3H3. The van der Waals surface area contributed by atoms with E-state index in [1.54, 1.807) is 18.3 Å². The summed E-state index contributed by atoms with van der Waals surface area (Å²) in [5.41, 5.74) is 1.81. The molecule has 0 aliphatic rings. The van der Waals surface area contributed by atoms with E-state index in [0.29, 0.717) is 5.92 Å². The third-order valence-electron chi connectivity index (χ3n) is 2.23. The van der Waals surface area contributed by atoms with Crippen LogP contribution in [0, 0.1) is 11.8 Å². The van der Waals surface area contributed by atoms with Crippen molar-refractivity contribution in [2.45, 2.75) is 27.2 Å². The van der Waals surface area contributed by atoms with E-state index in [2.05, 4.69) is 18.8 Å². The number of thiazole rings is 1. The molecule has 0 aliphatic carbocycles. The van der Waals surface area contributed by atoms with Crippen molar-refractivity contribution >= 4 is 17.1 Å². The summed E-state index contributed by atoms with van der Waals surface area (Å²) in [4.78, 5) is 16.5. The quantitative estimate of drug-likeness (QED) is 0.742. The van der Waals surface area contributed by atoms with E-state index in [0.717, 1.165) is 6.42 Å². The second-order valence-electron chi connectivity index (χ2n) is 3.63. The Morgan fingerprint density at radius 1 is 1.62 bits per heavy atom. The number of nitrogens with zero attached hydrogens (tertiary/aromatic N) is 1. The van der Waals surface area contributed by atoms with E-state index in [1.165, 1.54) is 4.88 Å². The smallest absolute Gasteiger partial charge is 0.133 e. The van der Waals surface area contributed by atoms with Gasteiger partial charge in [-0.25, -0.2) is 0 Å². The van der Waals surface area contributed by atoms with Crippen LogP contribution in [0.1, 0.15) is 25.6 Å². The average molecular weight is 197 g/mol. The van der Waals surface area contributed by atoms with Gasteiger partial charge in [0.25, 0.3) is 0 Å². The summed E-state index contributed by atoms with van der Waals surface area (Å²) in [6.45, 7) is 5.85. The highest BCUT2D eigenvalue weighted by Gasteiger charge is 2.19. The van der Waals surface area contributed by atoms with Crippen LogP contribution in [0.4, 0.5) is 0 Å². The average Bonchev–Trinajstić information content (AvgIpc) is 2.50. The van der Waals surface area contributed by atoms with Crippen LogP contribution in [0.3, 0.4) is 0 Å². The number of carbonyl (C=O) groups excluding carboxylic acids is 1. The summed E-state index contributed by atoms with van der Waals surface area (Å²) in [7, 11) is 0. The molecule has 0 fully saturated rings. The van der Waals surface area contributed by atoms with Crippen LogP contribution in [0.5, 0.6) is 0 Å². The summed E-state index contributed by atoms with van der Waals surface area (Å²) in [6, 6.07) is 0. The molecular weight excluding hydrogens is 182 g/mol. The largest absolute Gasteiger partial charge is 0.300 e. The maximum atomic E-state index is 11.3. The number of rotatable bonds is 4. The van der Waals surface area contributed by atoms with Gasteiger partial charge in [-0.15, -0.1) is 11.3 Å². The Kier molecular flexibility index (Phi) is 3.60. The molecule has 0 saturated heterocycles. The van der Waals surface area contributed by atoms with E-state index < -0.39 is 0 Å². The molecule has 1 unspecified atom stereocenters. The Bertz CT molecular complexity index is 266. The lowest BCUT2D eigenvalue weighted by Gasteiger charge is -2.16. The molecule has 1 aromatic heterocycles. The minimum atomic E-state index is 0.153. The Labute approximate surface area is 83.0 Å². The van der Waals surface area contributed by atoms with Gasteiger partial charge in [0.05, 0.1) is 5.51 Å². The molecule has 0 aromatic carbocycles. The lowest BCUT2D eigenvalue weighted by Crippen LogP contribution is -2.19. The molecule has 3 heteroatoms. The fraction of sp³-hybridized carbons (Fsp3) is 0.600. The van der Waals surface area contributed by atoms with Crippen molar-refractivity contribution in [2.75, 3.05) is 0 Å². The van der Waals surface area contributed by atoms with Gasteiger partial charge < -0.3 is 0 Å². The first-order chi connectivity index (χ1) is 6.11. The van der Waals surface area contributed by atoms with Crippen LogP contribution in [0.25, 0.3) is 0 Å². The van der Waals surface area contributed by atoms with Gasteiger partial charge in [-0.1, -0.05) is 13.8 Å². The minimum absolute atomic E-state index is 0.153. The molecule has 0 radical (unpaired) electrons. The Morgan fingerprint density at radius 2 is 2.31 bits per heavy atom. The lowest BCUT2D eigenvalue weighted by molar-refractivity contribution is -0.121. The van der Waals surface area contributed by atoms with E-state index in [1.807, 2.05) is 11.7 Å². The second-order valence-corrected chi connectivity index (χ2v) is 4.60. The summed E-state index contributed by atoms with van der Waals surface area (Å²) < 4.78 is 0. The molecule has 0 aliphatic heterocycles. The van der Waals surface area contributed by atoms with Gasteiger partial charge in [-0.3, -0.25) is 9.78 Å². The summed E-state index contributed by atoms with van der Waals surface area (Å²) in [5, 5.41) is 0. The van der Waals surface area contributed by atoms with Crippen LogP contribution >= 0.6 is 11.3 Å². The van der Waals surface area contributed by atoms with Crippen molar-refractivity contribution in [3.05, 3.63) is 16.6 Å². The van der Waals surface area contributed by atoms with Crippen LogP contribution < -0.4 is 0 Å². The van der Waals surface area contributed by atoms with Crippen LogP contribution in [0.2, 0.25) is 0 Å². The maximum absolute atomic E-state index is 11.3. The molecule has 0 amide bonds. The molecule has 0 saturated carbocycles. The van der Waals surface area contributed by atoms with Crippen LogP contribution in [-0.4, -0.2) is 10.8 Å².